The van der Waals surface area contributed by atoms with E-state index >= 15 is 0 Å². The van der Waals surface area contributed by atoms with Crippen LogP contribution in [-0.2, 0) is 4.79 Å². The zero-order chi connectivity index (χ0) is 6.57. The van der Waals surface area contributed by atoms with Crippen molar-refractivity contribution in [1.29, 1.82) is 0 Å². The van der Waals surface area contributed by atoms with Crippen LogP contribution >= 0.6 is 0 Å². The molecule has 0 aromatic heterocycles. The lowest BCUT2D eigenvalue weighted by Crippen LogP contribution is -2.78. The Labute approximate surface area is 48.6 Å². The van der Waals surface area contributed by atoms with Crippen LogP contribution in [0.4, 0.5) is 0 Å². The highest BCUT2D eigenvalue weighted by Crippen LogP contribution is 1.62. The topological polar surface area (TPSA) is 57.1 Å². The molecule has 0 saturated carbocycles. The van der Waals surface area contributed by atoms with Crippen molar-refractivity contribution in [2.24, 2.45) is 5.73 Å². The summed E-state index contributed by atoms with van der Waals surface area (Å²) in [7, 11) is 0. The number of carbonyl (C=O) groups is 1. The summed E-state index contributed by atoms with van der Waals surface area (Å²) in [6.07, 6.45) is 0.481. The molecule has 46 valence electrons. The summed E-state index contributed by atoms with van der Waals surface area (Å²) in [4.78, 5) is 12.9. The second-order valence-corrected chi connectivity index (χ2v) is 1.58. The van der Waals surface area contributed by atoms with Gasteiger partial charge in [-0.25, -0.2) is 9.79 Å². The van der Waals surface area contributed by atoms with Crippen molar-refractivity contribution in [3.63, 3.8) is 0 Å². The first-order valence-corrected chi connectivity index (χ1v) is 2.55. The maximum atomic E-state index is 10.4. The van der Waals surface area contributed by atoms with Gasteiger partial charge < -0.3 is 0 Å². The molecular weight excluding hydrogens is 104 g/mol. The first kappa shape index (κ1) is 7.14. The number of rotatable bonds is 1. The minimum Gasteiger partial charge on any atom is -0.291 e. The molecule has 1 amide bonds. The second kappa shape index (κ2) is 3.18. The normalized spacial score (nSPS) is 11.5. The highest BCUT2D eigenvalue weighted by Gasteiger charge is 1.94. The molecule has 0 aromatic rings. The molecule has 0 rings (SSSR count). The third-order valence-electron chi connectivity index (χ3n) is 0.658. The Morgan fingerprint density at radius 3 is 2.38 bits per heavy atom. The molecule has 0 atom stereocenters. The number of carbonyl (C=O) groups excluding carboxylic acids is 1. The molecule has 0 radical (unpaired) electrons. The van der Waals surface area contributed by atoms with Gasteiger partial charge >= 0.3 is 5.91 Å². The number of amidine groups is 1. The van der Waals surface area contributed by atoms with Crippen LogP contribution in [0.3, 0.4) is 0 Å². The van der Waals surface area contributed by atoms with E-state index < -0.39 is 0 Å². The maximum absolute atomic E-state index is 10.4. The molecule has 3 nitrogen and oxygen atoms in total. The van der Waals surface area contributed by atoms with E-state index in [2.05, 4.69) is 4.99 Å². The van der Waals surface area contributed by atoms with Crippen LogP contribution in [0.5, 0.6) is 0 Å². The molecule has 0 unspecified atom stereocenters. The van der Waals surface area contributed by atoms with Gasteiger partial charge in [0, 0.05) is 13.3 Å². The Balaban J connectivity index is 3.70. The Morgan fingerprint density at radius 2 is 2.25 bits per heavy atom. The zero-order valence-electron chi connectivity index (χ0n) is 5.19. The average molecular weight is 115 g/mol. The van der Waals surface area contributed by atoms with E-state index in [9.17, 15) is 4.79 Å². The van der Waals surface area contributed by atoms with Gasteiger partial charge in [0.1, 0.15) is 0 Å². The number of hydrogen-bond donors (Lipinski definition) is 2. The molecule has 0 aliphatic heterocycles. The average Bonchev–Trinajstić information content (AvgIpc) is 1.65. The van der Waals surface area contributed by atoms with Crippen LogP contribution in [0.15, 0.2) is 0 Å². The van der Waals surface area contributed by atoms with E-state index in [1.54, 1.807) is 13.8 Å². The molecule has 0 aromatic carbocycles. The smallest absolute Gasteiger partial charge is 0.291 e. The van der Waals surface area contributed by atoms with Gasteiger partial charge in [0.15, 0.2) is 0 Å². The standard InChI is InChI=1S/C5H10N2O/c1-3-5(8)7-4(2)6/h3H2,1-2H3,(H2,6,7,8)/p+1. The summed E-state index contributed by atoms with van der Waals surface area (Å²) in [5, 5.41) is 0. The molecule has 0 aliphatic carbocycles. The summed E-state index contributed by atoms with van der Waals surface area (Å²) in [6.45, 7) is 3.42. The van der Waals surface area contributed by atoms with Crippen molar-refractivity contribution in [3.8, 4) is 0 Å². The van der Waals surface area contributed by atoms with Crippen LogP contribution in [0, 0.1) is 0 Å². The monoisotopic (exact) mass is 115 g/mol. The summed E-state index contributed by atoms with van der Waals surface area (Å²) < 4.78 is 0. The predicted octanol–water partition coefficient (Wildman–Crippen LogP) is -1.62. The fraction of sp³-hybridized carbons (Fsp3) is 0.600. The van der Waals surface area contributed by atoms with Crippen molar-refractivity contribution >= 4 is 11.7 Å². The largest absolute Gasteiger partial charge is 0.306 e. The van der Waals surface area contributed by atoms with E-state index in [1.807, 2.05) is 0 Å². The fourth-order valence-corrected chi connectivity index (χ4v) is 0.308. The molecule has 0 aliphatic rings. The Kier molecular flexibility index (Phi) is 2.84. The first-order valence-electron chi connectivity index (χ1n) is 2.55. The molecular formula is C5H11N2O+. The van der Waals surface area contributed by atoms with Crippen LogP contribution < -0.4 is 10.7 Å². The lowest BCUT2D eigenvalue weighted by Gasteiger charge is -1.80. The van der Waals surface area contributed by atoms with E-state index in [0.717, 1.165) is 0 Å². The van der Waals surface area contributed by atoms with Crippen LogP contribution in [-0.4, -0.2) is 11.7 Å². The van der Waals surface area contributed by atoms with Gasteiger partial charge in [-0.1, -0.05) is 6.92 Å². The summed E-state index contributed by atoms with van der Waals surface area (Å²) in [5.74, 6) is 0.418. The lowest BCUT2D eigenvalue weighted by molar-refractivity contribution is -0.378. The van der Waals surface area contributed by atoms with Crippen LogP contribution in [0.25, 0.3) is 0 Å². The van der Waals surface area contributed by atoms with Crippen molar-refractivity contribution in [1.82, 2.24) is 0 Å². The summed E-state index contributed by atoms with van der Waals surface area (Å²) in [6, 6.07) is 0. The molecule has 0 saturated heterocycles. The minimum absolute atomic E-state index is 0.0370. The second-order valence-electron chi connectivity index (χ2n) is 1.58. The molecule has 0 heterocycles. The molecule has 3 N–H and O–H groups in total. The summed E-state index contributed by atoms with van der Waals surface area (Å²) in [5.41, 5.74) is 5.15. The number of hydrogen-bond acceptors (Lipinski definition) is 1. The van der Waals surface area contributed by atoms with Gasteiger partial charge in [-0.2, -0.15) is 0 Å². The molecule has 0 bridgehead atoms. The third kappa shape index (κ3) is 3.33. The summed E-state index contributed by atoms with van der Waals surface area (Å²) >= 11 is 0. The predicted molar refractivity (Wildman–Crippen MR) is 31.1 cm³/mol. The molecule has 8 heavy (non-hydrogen) atoms. The lowest BCUT2D eigenvalue weighted by atomic mass is 10.5. The van der Waals surface area contributed by atoms with Gasteiger partial charge in [-0.15, -0.1) is 0 Å². The van der Waals surface area contributed by atoms with Crippen molar-refractivity contribution < 1.29 is 9.79 Å². The van der Waals surface area contributed by atoms with Crippen LogP contribution in [0.1, 0.15) is 20.3 Å². The maximum Gasteiger partial charge on any atom is 0.306 e. The van der Waals surface area contributed by atoms with E-state index in [-0.39, 0.29) is 5.91 Å². The SMILES string of the molecule is CCC(=O)[NH+]=C(C)N. The molecule has 3 heteroatoms. The number of nitrogens with two attached hydrogens (primary N) is 1. The van der Waals surface area contributed by atoms with E-state index in [4.69, 9.17) is 5.73 Å². The van der Waals surface area contributed by atoms with E-state index in [1.165, 1.54) is 0 Å². The van der Waals surface area contributed by atoms with Gasteiger partial charge in [-0.05, 0) is 0 Å². The molecule has 0 spiro atoms. The van der Waals surface area contributed by atoms with Crippen LogP contribution in [0.2, 0.25) is 0 Å². The Hall–Kier alpha value is -0.860. The van der Waals surface area contributed by atoms with Crippen molar-refractivity contribution in [2.45, 2.75) is 20.3 Å². The van der Waals surface area contributed by atoms with Crippen molar-refractivity contribution in [3.05, 3.63) is 0 Å². The van der Waals surface area contributed by atoms with Gasteiger partial charge in [0.25, 0.3) is 0 Å². The quantitative estimate of drug-likeness (QED) is 0.319. The highest BCUT2D eigenvalue weighted by atomic mass is 16.1. The van der Waals surface area contributed by atoms with Gasteiger partial charge in [-0.3, -0.25) is 5.73 Å². The zero-order valence-corrected chi connectivity index (χ0v) is 5.19. The third-order valence-corrected chi connectivity index (χ3v) is 0.658. The van der Waals surface area contributed by atoms with E-state index in [0.29, 0.717) is 12.3 Å². The van der Waals surface area contributed by atoms with Crippen molar-refractivity contribution in [2.75, 3.05) is 0 Å². The van der Waals surface area contributed by atoms with Gasteiger partial charge in [0.05, 0.1) is 0 Å². The first-order chi connectivity index (χ1) is 3.66. The molecule has 0 fully saturated rings. The minimum atomic E-state index is -0.0370. The number of nitrogens with one attached hydrogen (secondary N) is 1. The Bertz CT molecular complexity index is 114. The number of amides is 1. The highest BCUT2D eigenvalue weighted by molar-refractivity contribution is 5.78. The van der Waals surface area contributed by atoms with Gasteiger partial charge in [0.2, 0.25) is 5.84 Å². The fourth-order valence-electron chi connectivity index (χ4n) is 0.308. The Morgan fingerprint density at radius 1 is 1.75 bits per heavy atom.